The van der Waals surface area contributed by atoms with Crippen LogP contribution in [-0.4, -0.2) is 176 Å². The van der Waals surface area contributed by atoms with E-state index < -0.39 is 134 Å². The molecular formula is C52H78N2O18. The molecule has 4 heterocycles. The van der Waals surface area contributed by atoms with Crippen molar-refractivity contribution < 1.29 is 88.4 Å². The van der Waals surface area contributed by atoms with E-state index in [0.717, 1.165) is 0 Å². The van der Waals surface area contributed by atoms with E-state index in [1.807, 2.05) is 49.5 Å². The largest absolute Gasteiger partial charge is 0.462 e. The first-order valence-corrected chi connectivity index (χ1v) is 24.6. The van der Waals surface area contributed by atoms with Gasteiger partial charge in [-0.2, -0.15) is 0 Å². The molecule has 20 heteroatoms. The van der Waals surface area contributed by atoms with Gasteiger partial charge in [-0.05, 0) is 33.1 Å². The van der Waals surface area contributed by atoms with Gasteiger partial charge in [0.15, 0.2) is 12.1 Å². The van der Waals surface area contributed by atoms with Gasteiger partial charge in [0.2, 0.25) is 0 Å². The summed E-state index contributed by atoms with van der Waals surface area (Å²) in [6.07, 6.45) is 7.01. The highest BCUT2D eigenvalue weighted by Crippen LogP contribution is 2.40. The molecule has 0 aromatic carbocycles. The minimum Gasteiger partial charge on any atom is -0.462 e. The van der Waals surface area contributed by atoms with E-state index in [1.165, 1.54) is 20.1 Å². The van der Waals surface area contributed by atoms with Crippen LogP contribution in [-0.2, 0) is 38.0 Å². The van der Waals surface area contributed by atoms with E-state index in [1.54, 1.807) is 56.4 Å². The van der Waals surface area contributed by atoms with Crippen LogP contribution in [0, 0.1) is 11.8 Å². The molecule has 19 unspecified atom stereocenters. The molecule has 10 N–H and O–H groups in total. The molecule has 0 spiro atoms. The SMILES string of the molecule is C=CCOC(=O)NC1C(O)C(C)OC(OC2C=CC=CC=CC=CC=CC=CC=CC(C)C(O)C(C)C(C)OC(=O)CC(O)CC(O)CCC(O)C(O)CC(O)CC3(OC)CC4OC(=O)NC4C(C2)O3)C1O. The number of esters is 1. The third-order valence-electron chi connectivity index (χ3n) is 13.2. The van der Waals surface area contributed by atoms with Crippen molar-refractivity contribution >= 4 is 18.2 Å². The number of aliphatic hydroxyl groups is 8. The van der Waals surface area contributed by atoms with Crippen LogP contribution in [0.2, 0.25) is 0 Å². The summed E-state index contributed by atoms with van der Waals surface area (Å²) in [4.78, 5) is 37.9. The van der Waals surface area contributed by atoms with Crippen molar-refractivity contribution in [3.63, 3.8) is 0 Å². The Kier molecular flexibility index (Phi) is 25.0. The Balaban J connectivity index is 1.59. The van der Waals surface area contributed by atoms with E-state index in [0.29, 0.717) is 0 Å². The van der Waals surface area contributed by atoms with Gasteiger partial charge in [0, 0.05) is 44.6 Å². The molecule has 4 aliphatic heterocycles. The van der Waals surface area contributed by atoms with Crippen LogP contribution in [0.1, 0.15) is 79.1 Å². The van der Waals surface area contributed by atoms with Crippen molar-refractivity contribution in [1.29, 1.82) is 0 Å². The van der Waals surface area contributed by atoms with Gasteiger partial charge < -0.3 is 84.6 Å². The molecule has 0 aliphatic carbocycles. The average molecular weight is 1020 g/mol. The van der Waals surface area contributed by atoms with Crippen LogP contribution in [0.4, 0.5) is 9.59 Å². The van der Waals surface area contributed by atoms with E-state index in [9.17, 15) is 55.2 Å². The molecule has 19 atom stereocenters. The first-order valence-electron chi connectivity index (χ1n) is 24.6. The molecule has 404 valence electrons. The molecule has 2 amide bonds. The first kappa shape index (κ1) is 60.0. The Morgan fingerprint density at radius 3 is 1.99 bits per heavy atom. The lowest BCUT2D eigenvalue weighted by Crippen LogP contribution is -2.64. The normalized spacial score (nSPS) is 39.5. The first-order chi connectivity index (χ1) is 34.3. The van der Waals surface area contributed by atoms with Crippen LogP contribution >= 0.6 is 0 Å². The number of carbonyl (C=O) groups is 3. The molecule has 0 saturated carbocycles. The number of allylic oxidation sites excluding steroid dienone is 12. The molecule has 72 heavy (non-hydrogen) atoms. The number of rotatable bonds is 6. The van der Waals surface area contributed by atoms with Crippen molar-refractivity contribution in [2.45, 2.75) is 183 Å². The number of methoxy groups -OCH3 is 1. The zero-order valence-corrected chi connectivity index (χ0v) is 41.8. The highest BCUT2D eigenvalue weighted by atomic mass is 16.7. The van der Waals surface area contributed by atoms with Gasteiger partial charge in [0.1, 0.15) is 31.0 Å². The van der Waals surface area contributed by atoms with Gasteiger partial charge in [0.05, 0.1) is 73.4 Å². The molecule has 0 aromatic rings. The van der Waals surface area contributed by atoms with Crippen LogP contribution < -0.4 is 10.6 Å². The van der Waals surface area contributed by atoms with Crippen molar-refractivity contribution in [2.75, 3.05) is 13.7 Å². The standard InChI is InChI=1S/C52H78N2O18/c1-7-24-67-50(64)54-45-47(62)34(5)69-49(48(45)63)70-38-21-19-17-15-13-11-9-8-10-12-14-16-18-20-31(2)46(61)32(3)33(4)68-43(60)27-36(56)25-35(55)22-23-39(58)40(59)26-37(57)29-52(66-6)30-42-44(41(28-38)72-52)53-51(65)71-42/h7-21,31-42,44-49,55-59,61-63H,1,22-30H2,2-6H3,(H,53,65)(H,54,64). The van der Waals surface area contributed by atoms with Gasteiger partial charge in [-0.3, -0.25) is 4.79 Å². The Hall–Kier alpha value is -4.55. The second kappa shape index (κ2) is 30.0. The van der Waals surface area contributed by atoms with Crippen molar-refractivity contribution in [2.24, 2.45) is 11.8 Å². The van der Waals surface area contributed by atoms with Crippen LogP contribution in [0.5, 0.6) is 0 Å². The number of hydrogen-bond acceptors (Lipinski definition) is 18. The van der Waals surface area contributed by atoms with Crippen molar-refractivity contribution in [3.05, 3.63) is 97.7 Å². The number of amides is 2. The van der Waals surface area contributed by atoms with Crippen LogP contribution in [0.3, 0.4) is 0 Å². The van der Waals surface area contributed by atoms with Crippen molar-refractivity contribution in [1.82, 2.24) is 10.6 Å². The maximum atomic E-state index is 12.7. The summed E-state index contributed by atoms with van der Waals surface area (Å²) in [7, 11) is 1.35. The zero-order valence-electron chi connectivity index (χ0n) is 41.8. The average Bonchev–Trinajstić information content (AvgIpc) is 3.71. The van der Waals surface area contributed by atoms with Gasteiger partial charge >= 0.3 is 18.2 Å². The lowest BCUT2D eigenvalue weighted by Gasteiger charge is -2.46. The lowest BCUT2D eigenvalue weighted by molar-refractivity contribution is -0.307. The highest BCUT2D eigenvalue weighted by Gasteiger charge is 2.54. The number of alkyl carbamates (subject to hydrolysis) is 2. The van der Waals surface area contributed by atoms with Crippen LogP contribution in [0.25, 0.3) is 0 Å². The highest BCUT2D eigenvalue weighted by molar-refractivity contribution is 5.71. The zero-order chi connectivity index (χ0) is 53.0. The Labute approximate surface area is 422 Å². The van der Waals surface area contributed by atoms with Gasteiger partial charge in [-0.25, -0.2) is 9.59 Å². The Morgan fingerprint density at radius 1 is 0.736 bits per heavy atom. The van der Waals surface area contributed by atoms with E-state index >= 15 is 0 Å². The summed E-state index contributed by atoms with van der Waals surface area (Å²) < 4.78 is 40.9. The number of cyclic esters (lactones) is 1. The third kappa shape index (κ3) is 19.1. The number of aliphatic hydroxyl groups excluding tert-OH is 8. The minimum atomic E-state index is -1.60. The Bertz CT molecular complexity index is 1920. The number of hydrogen-bond donors (Lipinski definition) is 10. The third-order valence-corrected chi connectivity index (χ3v) is 13.2. The van der Waals surface area contributed by atoms with Gasteiger partial charge in [-0.15, -0.1) is 0 Å². The predicted molar refractivity (Wildman–Crippen MR) is 262 cm³/mol. The molecule has 4 aliphatic rings. The second-order valence-electron chi connectivity index (χ2n) is 18.9. The smallest absolute Gasteiger partial charge is 0.407 e. The fourth-order valence-electron chi connectivity index (χ4n) is 8.88. The maximum Gasteiger partial charge on any atom is 0.407 e. The topological polar surface area (TPSA) is 302 Å². The fraction of sp³-hybridized carbons (Fsp3) is 0.635. The van der Waals surface area contributed by atoms with Gasteiger partial charge in [-0.1, -0.05) is 112 Å². The summed E-state index contributed by atoms with van der Waals surface area (Å²) in [5.74, 6) is -3.04. The summed E-state index contributed by atoms with van der Waals surface area (Å²) in [6.45, 7) is 10.2. The molecule has 4 rings (SSSR count). The monoisotopic (exact) mass is 1020 g/mol. The molecule has 3 saturated heterocycles. The van der Waals surface area contributed by atoms with Gasteiger partial charge in [0.25, 0.3) is 0 Å². The minimum absolute atomic E-state index is 0.0344. The quantitative estimate of drug-likeness (QED) is 0.104. The number of ether oxygens (including phenoxy) is 7. The van der Waals surface area contributed by atoms with E-state index in [-0.39, 0.29) is 57.5 Å². The molecule has 20 nitrogen and oxygen atoms in total. The summed E-state index contributed by atoms with van der Waals surface area (Å²) in [5, 5.41) is 92.9. The predicted octanol–water partition coefficient (Wildman–Crippen LogP) is 2.73. The molecule has 3 fully saturated rings. The number of carbonyl (C=O) groups excluding carboxylic acids is 3. The fourth-order valence-corrected chi connectivity index (χ4v) is 8.88. The Morgan fingerprint density at radius 2 is 1.36 bits per heavy atom. The molecule has 0 aromatic heterocycles. The molecular weight excluding hydrogens is 941 g/mol. The van der Waals surface area contributed by atoms with E-state index in [2.05, 4.69) is 17.2 Å². The summed E-state index contributed by atoms with van der Waals surface area (Å²) in [6, 6.07) is -2.01. The molecule has 2 bridgehead atoms. The summed E-state index contributed by atoms with van der Waals surface area (Å²) in [5.41, 5.74) is 0. The van der Waals surface area contributed by atoms with Crippen molar-refractivity contribution in [3.8, 4) is 0 Å². The second-order valence-corrected chi connectivity index (χ2v) is 18.9. The maximum absolute atomic E-state index is 12.7. The summed E-state index contributed by atoms with van der Waals surface area (Å²) >= 11 is 0. The van der Waals surface area contributed by atoms with Crippen LogP contribution in [0.15, 0.2) is 97.7 Å². The lowest BCUT2D eigenvalue weighted by atomic mass is 9.87. The number of nitrogens with one attached hydrogen (secondary N) is 2. The molecule has 0 radical (unpaired) electrons. The number of fused-ring (bicyclic) bond motifs is 4. The van der Waals surface area contributed by atoms with E-state index in [4.69, 9.17) is 33.2 Å².